The normalized spacial score (nSPS) is 22.8. The number of fused-ring (bicyclic) bond motifs is 1. The zero-order chi connectivity index (χ0) is 23.3. The molecule has 2 heterocycles. The van der Waals surface area contributed by atoms with Gasteiger partial charge in [-0.1, -0.05) is 37.0 Å². The number of rotatable bonds is 5. The molecular formula is C26H29Cl2N3O2. The summed E-state index contributed by atoms with van der Waals surface area (Å²) in [6.45, 7) is 7.82. The molecule has 0 saturated carbocycles. The third-order valence-corrected chi connectivity index (χ3v) is 7.23. The number of aliphatic hydroxyl groups excluding tert-OH is 1. The van der Waals surface area contributed by atoms with Crippen LogP contribution in [-0.2, 0) is 6.42 Å². The van der Waals surface area contributed by atoms with Gasteiger partial charge in [-0.2, -0.15) is 0 Å². The number of aliphatic hydroxyl groups is 1. The quantitative estimate of drug-likeness (QED) is 0.501. The fraction of sp³-hybridized carbons (Fsp3) is 0.423. The Labute approximate surface area is 204 Å². The van der Waals surface area contributed by atoms with E-state index in [1.807, 2.05) is 25.1 Å². The summed E-state index contributed by atoms with van der Waals surface area (Å²) >= 11 is 12.9. The van der Waals surface area contributed by atoms with Crippen LogP contribution in [0.3, 0.4) is 0 Å². The van der Waals surface area contributed by atoms with Crippen LogP contribution in [0, 0.1) is 6.92 Å². The highest BCUT2D eigenvalue weighted by Crippen LogP contribution is 2.43. The first-order chi connectivity index (χ1) is 15.8. The number of halogens is 2. The zero-order valence-electron chi connectivity index (χ0n) is 19.1. The molecule has 5 rings (SSSR count). The van der Waals surface area contributed by atoms with Crippen molar-refractivity contribution in [2.24, 2.45) is 0 Å². The first-order valence-corrected chi connectivity index (χ1v) is 12.3. The Morgan fingerprint density at radius 1 is 1.15 bits per heavy atom. The lowest BCUT2D eigenvalue weighted by Gasteiger charge is -2.30. The molecule has 0 bridgehead atoms. The number of hydrogen-bond acceptors (Lipinski definition) is 4. The molecule has 1 aliphatic carbocycles. The average Bonchev–Trinajstić information content (AvgIpc) is 3.46. The Morgan fingerprint density at radius 3 is 2.58 bits per heavy atom. The Hall–Kier alpha value is -2.05. The minimum Gasteiger partial charge on any atom is -0.484 e. The molecule has 33 heavy (non-hydrogen) atoms. The lowest BCUT2D eigenvalue weighted by molar-refractivity contribution is 0.0818. The Bertz CT molecular complexity index is 1160. The molecule has 1 fully saturated rings. The van der Waals surface area contributed by atoms with E-state index in [2.05, 4.69) is 46.6 Å². The minimum absolute atomic E-state index is 0.108. The standard InChI is InChI=1S/C26H29Cl2N3O2/c1-15(2)26-29-16(3)13-31(26)18-4-6-20(7-5-18)33-25-22-10-17(27)11-23(28)21(22)12-24(25)30-9-8-19(32)14-30/h4-7,10-11,13,15,19,24-25,32H,8-9,12,14H2,1-3H3/t19-,24+,25+/m1/s1. The third kappa shape index (κ3) is 4.40. The topological polar surface area (TPSA) is 50.5 Å². The molecule has 174 valence electrons. The number of ether oxygens (including phenoxy) is 1. The van der Waals surface area contributed by atoms with E-state index in [0.29, 0.717) is 22.5 Å². The van der Waals surface area contributed by atoms with Gasteiger partial charge in [0.15, 0.2) is 0 Å². The van der Waals surface area contributed by atoms with Gasteiger partial charge in [0.2, 0.25) is 0 Å². The van der Waals surface area contributed by atoms with Gasteiger partial charge in [-0.25, -0.2) is 4.98 Å². The van der Waals surface area contributed by atoms with Gasteiger partial charge in [0.25, 0.3) is 0 Å². The predicted octanol–water partition coefficient (Wildman–Crippen LogP) is 5.72. The van der Waals surface area contributed by atoms with Crippen LogP contribution in [0.5, 0.6) is 5.75 Å². The Balaban J connectivity index is 1.44. The molecule has 1 aliphatic heterocycles. The number of likely N-dealkylation sites (tertiary alicyclic amines) is 1. The summed E-state index contributed by atoms with van der Waals surface area (Å²) in [6, 6.07) is 12.0. The van der Waals surface area contributed by atoms with Crippen LogP contribution in [0.15, 0.2) is 42.6 Å². The molecule has 2 aromatic carbocycles. The predicted molar refractivity (Wildman–Crippen MR) is 132 cm³/mol. The average molecular weight is 486 g/mol. The molecule has 0 unspecified atom stereocenters. The highest BCUT2D eigenvalue weighted by Gasteiger charge is 2.41. The number of aryl methyl sites for hydroxylation is 1. The van der Waals surface area contributed by atoms with Gasteiger partial charge in [-0.15, -0.1) is 0 Å². The van der Waals surface area contributed by atoms with Gasteiger partial charge in [0.05, 0.1) is 17.8 Å². The summed E-state index contributed by atoms with van der Waals surface area (Å²) in [4.78, 5) is 6.99. The van der Waals surface area contributed by atoms with Crippen molar-refractivity contribution >= 4 is 23.2 Å². The number of β-amino-alcohol motifs (C(OH)–C–C–N with tert-alkyl or cyclic N) is 1. The molecule has 1 N–H and O–H groups in total. The number of hydrogen-bond donors (Lipinski definition) is 1. The first-order valence-electron chi connectivity index (χ1n) is 11.5. The van der Waals surface area contributed by atoms with Gasteiger partial charge in [-0.3, -0.25) is 4.90 Å². The van der Waals surface area contributed by atoms with Gasteiger partial charge < -0.3 is 14.4 Å². The van der Waals surface area contributed by atoms with E-state index in [4.69, 9.17) is 27.9 Å². The van der Waals surface area contributed by atoms with Crippen molar-refractivity contribution in [2.45, 2.75) is 57.8 Å². The second-order valence-electron chi connectivity index (χ2n) is 9.46. The number of nitrogens with zero attached hydrogens (tertiary/aromatic N) is 3. The maximum Gasteiger partial charge on any atom is 0.140 e. The smallest absolute Gasteiger partial charge is 0.140 e. The van der Waals surface area contributed by atoms with Crippen LogP contribution in [0.1, 0.15) is 54.9 Å². The van der Waals surface area contributed by atoms with E-state index in [1.165, 1.54) is 0 Å². The highest BCUT2D eigenvalue weighted by molar-refractivity contribution is 6.35. The van der Waals surface area contributed by atoms with Crippen molar-refractivity contribution in [1.82, 2.24) is 14.5 Å². The van der Waals surface area contributed by atoms with E-state index in [-0.39, 0.29) is 18.2 Å². The largest absolute Gasteiger partial charge is 0.484 e. The van der Waals surface area contributed by atoms with Gasteiger partial charge in [0.1, 0.15) is 17.7 Å². The van der Waals surface area contributed by atoms with Crippen molar-refractivity contribution in [2.75, 3.05) is 13.1 Å². The molecule has 1 aromatic heterocycles. The molecule has 3 atom stereocenters. The first kappa shape index (κ1) is 22.7. The van der Waals surface area contributed by atoms with Crippen LogP contribution < -0.4 is 4.74 Å². The number of aromatic nitrogens is 2. The molecule has 0 amide bonds. The van der Waals surface area contributed by atoms with Crippen LogP contribution in [-0.4, -0.2) is 44.8 Å². The second kappa shape index (κ2) is 8.95. The highest BCUT2D eigenvalue weighted by atomic mass is 35.5. The van der Waals surface area contributed by atoms with Crippen molar-refractivity contribution in [3.05, 3.63) is 75.3 Å². The summed E-state index contributed by atoms with van der Waals surface area (Å²) in [5.41, 5.74) is 4.19. The number of benzene rings is 2. The maximum atomic E-state index is 10.1. The van der Waals surface area contributed by atoms with Crippen molar-refractivity contribution in [3.63, 3.8) is 0 Å². The van der Waals surface area contributed by atoms with E-state index >= 15 is 0 Å². The van der Waals surface area contributed by atoms with E-state index in [1.54, 1.807) is 6.07 Å². The monoisotopic (exact) mass is 485 g/mol. The van der Waals surface area contributed by atoms with Gasteiger partial charge in [-0.05, 0) is 61.7 Å². The molecule has 7 heteroatoms. The SMILES string of the molecule is Cc1cn(-c2ccc(O[C@H]3c4cc(Cl)cc(Cl)c4C[C@@H]3N3CC[C@@H](O)C3)cc2)c(C(C)C)n1. The second-order valence-corrected chi connectivity index (χ2v) is 10.3. The lowest BCUT2D eigenvalue weighted by atomic mass is 10.1. The van der Waals surface area contributed by atoms with Crippen molar-refractivity contribution in [3.8, 4) is 11.4 Å². The third-order valence-electron chi connectivity index (χ3n) is 6.68. The molecular weight excluding hydrogens is 457 g/mol. The van der Waals surface area contributed by atoms with Crippen LogP contribution >= 0.6 is 23.2 Å². The Morgan fingerprint density at radius 2 is 1.91 bits per heavy atom. The van der Waals surface area contributed by atoms with E-state index < -0.39 is 0 Å². The van der Waals surface area contributed by atoms with Crippen LogP contribution in [0.4, 0.5) is 0 Å². The molecule has 2 aliphatic rings. The minimum atomic E-state index is -0.290. The summed E-state index contributed by atoms with van der Waals surface area (Å²) in [7, 11) is 0. The summed E-state index contributed by atoms with van der Waals surface area (Å²) in [6.07, 6.45) is 3.14. The molecule has 1 saturated heterocycles. The summed E-state index contributed by atoms with van der Waals surface area (Å²) in [5.74, 6) is 2.17. The molecule has 0 radical (unpaired) electrons. The maximum absolute atomic E-state index is 10.1. The summed E-state index contributed by atoms with van der Waals surface area (Å²) < 4.78 is 8.72. The van der Waals surface area contributed by atoms with Crippen molar-refractivity contribution in [1.29, 1.82) is 0 Å². The van der Waals surface area contributed by atoms with Crippen LogP contribution in [0.2, 0.25) is 10.0 Å². The zero-order valence-corrected chi connectivity index (χ0v) is 20.6. The van der Waals surface area contributed by atoms with Gasteiger partial charge >= 0.3 is 0 Å². The summed E-state index contributed by atoms with van der Waals surface area (Å²) in [5, 5.41) is 11.4. The fourth-order valence-corrected chi connectivity index (χ4v) is 5.70. The van der Waals surface area contributed by atoms with Crippen LogP contribution in [0.25, 0.3) is 5.69 Å². The van der Waals surface area contributed by atoms with Gasteiger partial charge in [0, 0.05) is 46.5 Å². The Kier molecular flexibility index (Phi) is 6.17. The molecule has 5 nitrogen and oxygen atoms in total. The van der Waals surface area contributed by atoms with E-state index in [9.17, 15) is 5.11 Å². The number of imidazole rings is 1. The molecule has 3 aromatic rings. The van der Waals surface area contributed by atoms with E-state index in [0.717, 1.165) is 53.5 Å². The fourth-order valence-electron chi connectivity index (χ4n) is 5.11. The van der Waals surface area contributed by atoms with Crippen molar-refractivity contribution < 1.29 is 9.84 Å². The molecule has 0 spiro atoms. The lowest BCUT2D eigenvalue weighted by Crippen LogP contribution is -2.39.